The molecule has 0 aromatic heterocycles. The van der Waals surface area contributed by atoms with Gasteiger partial charge in [0.1, 0.15) is 5.75 Å². The van der Waals surface area contributed by atoms with Gasteiger partial charge >= 0.3 is 0 Å². The summed E-state index contributed by atoms with van der Waals surface area (Å²) in [5.41, 5.74) is 4.14. The fraction of sp³-hybridized carbons (Fsp3) is 0.138. The quantitative estimate of drug-likeness (QED) is 0.319. The molecule has 4 aromatic carbocycles. The molecule has 0 radical (unpaired) electrons. The molecule has 1 N–H and O–H groups in total. The predicted octanol–water partition coefficient (Wildman–Crippen LogP) is 5.72. The highest BCUT2D eigenvalue weighted by Crippen LogP contribution is 2.28. The largest absolute Gasteiger partial charge is 0.484 e. The van der Waals surface area contributed by atoms with Crippen molar-refractivity contribution < 1.29 is 17.9 Å². The number of amides is 1. The molecule has 184 valence electrons. The first-order valence-electron chi connectivity index (χ1n) is 11.5. The van der Waals surface area contributed by atoms with E-state index in [1.54, 1.807) is 48.5 Å². The number of rotatable bonds is 9. The highest BCUT2D eigenvalue weighted by atomic mass is 32.2. The lowest BCUT2D eigenvalue weighted by Crippen LogP contribution is -2.30. The normalized spacial score (nSPS) is 11.1. The number of benzene rings is 4. The van der Waals surface area contributed by atoms with Gasteiger partial charge < -0.3 is 10.1 Å². The van der Waals surface area contributed by atoms with Crippen LogP contribution in [0.15, 0.2) is 108 Å². The van der Waals surface area contributed by atoms with Gasteiger partial charge in [-0.1, -0.05) is 65.7 Å². The Morgan fingerprint density at radius 3 is 1.97 bits per heavy atom. The summed E-state index contributed by atoms with van der Waals surface area (Å²) in [5.74, 6) is 0.181. The fourth-order valence-corrected chi connectivity index (χ4v) is 5.05. The van der Waals surface area contributed by atoms with Gasteiger partial charge in [0, 0.05) is 5.69 Å². The lowest BCUT2D eigenvalue weighted by atomic mass is 10.2. The van der Waals surface area contributed by atoms with Gasteiger partial charge in [-0.3, -0.25) is 9.10 Å². The van der Waals surface area contributed by atoms with Crippen LogP contribution in [0.4, 0.5) is 11.4 Å². The second-order valence-electron chi connectivity index (χ2n) is 8.51. The number of carbonyl (C=O) groups is 1. The SMILES string of the molecule is Cc1ccc(NC(=O)COc2ccc(N(Cc3ccccc3)S(=O)(=O)c3ccc(C)cc3)cc2)cc1. The number of carbonyl (C=O) groups excluding carboxylic acids is 1. The van der Waals surface area contributed by atoms with E-state index in [4.69, 9.17) is 4.74 Å². The van der Waals surface area contributed by atoms with E-state index in [9.17, 15) is 13.2 Å². The summed E-state index contributed by atoms with van der Waals surface area (Å²) in [4.78, 5) is 12.5. The molecule has 0 aliphatic carbocycles. The van der Waals surface area contributed by atoms with Gasteiger partial charge in [0.25, 0.3) is 15.9 Å². The molecule has 0 atom stereocenters. The Balaban J connectivity index is 1.50. The van der Waals surface area contributed by atoms with Crippen LogP contribution < -0.4 is 14.4 Å². The van der Waals surface area contributed by atoms with E-state index in [0.717, 1.165) is 16.7 Å². The topological polar surface area (TPSA) is 75.7 Å². The van der Waals surface area contributed by atoms with E-state index in [0.29, 0.717) is 17.1 Å². The zero-order valence-corrected chi connectivity index (χ0v) is 21.0. The second-order valence-corrected chi connectivity index (χ2v) is 10.4. The summed E-state index contributed by atoms with van der Waals surface area (Å²) in [6, 6.07) is 30.4. The number of nitrogens with zero attached hydrogens (tertiary/aromatic N) is 1. The van der Waals surface area contributed by atoms with Crippen LogP contribution in [0.3, 0.4) is 0 Å². The third-order valence-electron chi connectivity index (χ3n) is 5.61. The molecule has 0 aliphatic rings. The summed E-state index contributed by atoms with van der Waals surface area (Å²) in [6.45, 7) is 3.90. The van der Waals surface area contributed by atoms with E-state index in [1.165, 1.54) is 4.31 Å². The van der Waals surface area contributed by atoms with Gasteiger partial charge in [0.15, 0.2) is 6.61 Å². The molecule has 4 rings (SSSR count). The zero-order valence-electron chi connectivity index (χ0n) is 20.2. The van der Waals surface area contributed by atoms with Crippen LogP contribution >= 0.6 is 0 Å². The van der Waals surface area contributed by atoms with Gasteiger partial charge in [-0.15, -0.1) is 0 Å². The summed E-state index contributed by atoms with van der Waals surface area (Å²) in [6.07, 6.45) is 0. The number of sulfonamides is 1. The average molecular weight is 501 g/mol. The fourth-order valence-electron chi connectivity index (χ4n) is 3.59. The molecule has 36 heavy (non-hydrogen) atoms. The molecule has 0 unspecified atom stereocenters. The highest BCUT2D eigenvalue weighted by molar-refractivity contribution is 7.92. The minimum atomic E-state index is -3.82. The summed E-state index contributed by atoms with van der Waals surface area (Å²) < 4.78 is 34.2. The predicted molar refractivity (Wildman–Crippen MR) is 143 cm³/mol. The number of hydrogen-bond acceptors (Lipinski definition) is 4. The number of hydrogen-bond donors (Lipinski definition) is 1. The van der Waals surface area contributed by atoms with Crippen LogP contribution in [0, 0.1) is 13.8 Å². The molecule has 7 heteroatoms. The maximum Gasteiger partial charge on any atom is 0.264 e. The van der Waals surface area contributed by atoms with Gasteiger partial charge in [0.2, 0.25) is 0 Å². The van der Waals surface area contributed by atoms with Crippen molar-refractivity contribution in [1.82, 2.24) is 0 Å². The Labute approximate surface area is 212 Å². The first-order chi connectivity index (χ1) is 17.3. The van der Waals surface area contributed by atoms with Crippen molar-refractivity contribution >= 4 is 27.3 Å². The third-order valence-corrected chi connectivity index (χ3v) is 7.40. The van der Waals surface area contributed by atoms with Crippen molar-refractivity contribution in [2.45, 2.75) is 25.3 Å². The van der Waals surface area contributed by atoms with Crippen molar-refractivity contribution in [3.05, 3.63) is 120 Å². The summed E-state index contributed by atoms with van der Waals surface area (Å²) in [7, 11) is -3.82. The van der Waals surface area contributed by atoms with Gasteiger partial charge in [-0.2, -0.15) is 0 Å². The molecule has 6 nitrogen and oxygen atoms in total. The molecule has 0 bridgehead atoms. The Hall–Kier alpha value is -4.10. The Kier molecular flexibility index (Phi) is 7.71. The van der Waals surface area contributed by atoms with Crippen molar-refractivity contribution in [2.75, 3.05) is 16.2 Å². The standard InChI is InChI=1S/C29H28N2O4S/c1-22-8-12-25(13-9-22)30-29(32)21-35-27-16-14-26(15-17-27)31(20-24-6-4-3-5-7-24)36(33,34)28-18-10-23(2)11-19-28/h3-19H,20-21H2,1-2H3,(H,30,32). The van der Waals surface area contributed by atoms with Gasteiger partial charge in [-0.05, 0) is 67.9 Å². The Bertz CT molecular complexity index is 1400. The number of aryl methyl sites for hydroxylation is 2. The second kappa shape index (κ2) is 11.1. The van der Waals surface area contributed by atoms with Gasteiger partial charge in [-0.25, -0.2) is 8.42 Å². The number of nitrogens with one attached hydrogen (secondary N) is 1. The molecule has 0 spiro atoms. The van der Waals surface area contributed by atoms with E-state index in [-0.39, 0.29) is 24.0 Å². The van der Waals surface area contributed by atoms with E-state index >= 15 is 0 Å². The molecular formula is C29H28N2O4S. The minimum absolute atomic E-state index is 0.164. The number of ether oxygens (including phenoxy) is 1. The van der Waals surface area contributed by atoms with Crippen molar-refractivity contribution in [3.63, 3.8) is 0 Å². The zero-order chi connectivity index (χ0) is 25.5. The van der Waals surface area contributed by atoms with Crippen molar-refractivity contribution in [2.24, 2.45) is 0 Å². The van der Waals surface area contributed by atoms with Crippen molar-refractivity contribution in [1.29, 1.82) is 0 Å². The van der Waals surface area contributed by atoms with Crippen LogP contribution in [0.2, 0.25) is 0 Å². The molecular weight excluding hydrogens is 472 g/mol. The lowest BCUT2D eigenvalue weighted by Gasteiger charge is -2.25. The molecule has 0 saturated heterocycles. The summed E-state index contributed by atoms with van der Waals surface area (Å²) in [5, 5.41) is 2.79. The maximum atomic E-state index is 13.6. The highest BCUT2D eigenvalue weighted by Gasteiger charge is 2.25. The first kappa shape index (κ1) is 25.0. The lowest BCUT2D eigenvalue weighted by molar-refractivity contribution is -0.118. The van der Waals surface area contributed by atoms with Crippen LogP contribution in [0.1, 0.15) is 16.7 Å². The van der Waals surface area contributed by atoms with Crippen LogP contribution in [0.25, 0.3) is 0 Å². The molecule has 0 heterocycles. The van der Waals surface area contributed by atoms with E-state index < -0.39 is 10.0 Å². The minimum Gasteiger partial charge on any atom is -0.484 e. The summed E-state index contributed by atoms with van der Waals surface area (Å²) >= 11 is 0. The van der Waals surface area contributed by atoms with Crippen LogP contribution in [-0.2, 0) is 21.4 Å². The average Bonchev–Trinajstić information content (AvgIpc) is 2.89. The maximum absolute atomic E-state index is 13.6. The molecule has 0 fully saturated rings. The Morgan fingerprint density at radius 2 is 1.36 bits per heavy atom. The first-order valence-corrected chi connectivity index (χ1v) is 13.0. The smallest absolute Gasteiger partial charge is 0.264 e. The van der Waals surface area contributed by atoms with E-state index in [1.807, 2.05) is 68.4 Å². The molecule has 4 aromatic rings. The van der Waals surface area contributed by atoms with Crippen LogP contribution in [0.5, 0.6) is 5.75 Å². The molecule has 1 amide bonds. The van der Waals surface area contributed by atoms with Crippen molar-refractivity contribution in [3.8, 4) is 5.75 Å². The van der Waals surface area contributed by atoms with Gasteiger partial charge in [0.05, 0.1) is 17.1 Å². The Morgan fingerprint density at radius 1 is 0.778 bits per heavy atom. The van der Waals surface area contributed by atoms with Crippen LogP contribution in [-0.4, -0.2) is 20.9 Å². The molecule has 0 saturated carbocycles. The van der Waals surface area contributed by atoms with E-state index in [2.05, 4.69) is 5.32 Å². The monoisotopic (exact) mass is 500 g/mol. The third kappa shape index (κ3) is 6.31. The number of anilines is 2. The molecule has 0 aliphatic heterocycles.